The largest absolute Gasteiger partial charge is 0.394 e. The molecule has 1 saturated heterocycles. The van der Waals surface area contributed by atoms with Crippen LogP contribution in [-0.2, 0) is 11.2 Å². The summed E-state index contributed by atoms with van der Waals surface area (Å²) in [6.45, 7) is -0.547. The Labute approximate surface area is 114 Å². The summed E-state index contributed by atoms with van der Waals surface area (Å²) in [6.07, 6.45) is -3.74. The van der Waals surface area contributed by atoms with Crippen molar-refractivity contribution in [1.29, 1.82) is 0 Å². The Balaban J connectivity index is 2.10. The van der Waals surface area contributed by atoms with Crippen molar-refractivity contribution in [2.24, 2.45) is 0 Å². The quantitative estimate of drug-likeness (QED) is 0.546. The van der Waals surface area contributed by atoms with E-state index < -0.39 is 31.0 Å². The highest BCUT2D eigenvalue weighted by atomic mass is 32.1. The molecule has 1 aromatic heterocycles. The van der Waals surface area contributed by atoms with Crippen molar-refractivity contribution in [1.82, 2.24) is 4.90 Å². The molecule has 6 nitrogen and oxygen atoms in total. The fourth-order valence-electron chi connectivity index (χ4n) is 2.24. The van der Waals surface area contributed by atoms with E-state index >= 15 is 0 Å². The van der Waals surface area contributed by atoms with E-state index in [-0.39, 0.29) is 18.9 Å². The highest BCUT2D eigenvalue weighted by molar-refractivity contribution is 7.10. The zero-order chi connectivity index (χ0) is 14.0. The van der Waals surface area contributed by atoms with Crippen LogP contribution in [0, 0.1) is 0 Å². The average molecular weight is 287 g/mol. The normalized spacial score (nSPS) is 31.5. The minimum atomic E-state index is -1.35. The number of hydrogen-bond donors (Lipinski definition) is 4. The molecule has 0 radical (unpaired) electrons. The molecule has 2 heterocycles. The van der Waals surface area contributed by atoms with E-state index in [1.165, 1.54) is 16.2 Å². The van der Waals surface area contributed by atoms with Crippen LogP contribution >= 0.6 is 11.3 Å². The molecule has 1 amide bonds. The Hall–Kier alpha value is -0.990. The third-order valence-electron chi connectivity index (χ3n) is 3.34. The molecule has 106 valence electrons. The van der Waals surface area contributed by atoms with E-state index in [0.29, 0.717) is 0 Å². The number of aliphatic hydroxyl groups excluding tert-OH is 4. The molecule has 0 spiro atoms. The number of hydrogen-bond acceptors (Lipinski definition) is 6. The number of amides is 1. The van der Waals surface area contributed by atoms with Crippen LogP contribution in [0.3, 0.4) is 0 Å². The third-order valence-corrected chi connectivity index (χ3v) is 4.21. The molecule has 0 saturated carbocycles. The van der Waals surface area contributed by atoms with Crippen molar-refractivity contribution >= 4 is 17.2 Å². The molecule has 1 aromatic rings. The van der Waals surface area contributed by atoms with Crippen molar-refractivity contribution in [3.05, 3.63) is 22.4 Å². The van der Waals surface area contributed by atoms with Gasteiger partial charge in [-0.15, -0.1) is 11.3 Å². The van der Waals surface area contributed by atoms with E-state index in [1.807, 2.05) is 17.5 Å². The van der Waals surface area contributed by atoms with E-state index in [2.05, 4.69) is 0 Å². The Bertz CT molecular complexity index is 424. The number of nitrogens with zero attached hydrogens (tertiary/aromatic N) is 1. The van der Waals surface area contributed by atoms with Gasteiger partial charge < -0.3 is 25.3 Å². The molecule has 0 aromatic carbocycles. The van der Waals surface area contributed by atoms with Crippen LogP contribution in [0.5, 0.6) is 0 Å². The van der Waals surface area contributed by atoms with E-state index in [4.69, 9.17) is 0 Å². The number of thiophene rings is 1. The number of β-amino-alcohol motifs (C(OH)–C–C–N with tert-alkyl or cyclic N) is 1. The van der Waals surface area contributed by atoms with Crippen molar-refractivity contribution in [3.8, 4) is 0 Å². The number of rotatable bonds is 3. The summed E-state index contributed by atoms with van der Waals surface area (Å²) in [5, 5.41) is 40.1. The summed E-state index contributed by atoms with van der Waals surface area (Å²) in [7, 11) is 0. The third kappa shape index (κ3) is 2.96. The molecule has 0 aliphatic carbocycles. The zero-order valence-electron chi connectivity index (χ0n) is 10.2. The highest BCUT2D eigenvalue weighted by Gasteiger charge is 2.42. The lowest BCUT2D eigenvalue weighted by molar-refractivity contribution is -0.165. The molecule has 1 fully saturated rings. The van der Waals surface area contributed by atoms with Gasteiger partial charge in [-0.2, -0.15) is 0 Å². The summed E-state index contributed by atoms with van der Waals surface area (Å²) < 4.78 is 0. The molecular weight excluding hydrogens is 270 g/mol. The number of piperidine rings is 1. The molecule has 1 aliphatic rings. The molecule has 4 N–H and O–H groups in total. The molecular formula is C12H17NO5S. The average Bonchev–Trinajstić information content (AvgIpc) is 2.88. The summed E-state index contributed by atoms with van der Waals surface area (Å²) in [4.78, 5) is 14.3. The minimum absolute atomic E-state index is 0.0896. The lowest BCUT2D eigenvalue weighted by atomic mass is 9.94. The van der Waals surface area contributed by atoms with Crippen LogP contribution in [0.25, 0.3) is 0 Å². The van der Waals surface area contributed by atoms with E-state index in [0.717, 1.165) is 4.88 Å². The highest BCUT2D eigenvalue weighted by Crippen LogP contribution is 2.21. The predicted molar refractivity (Wildman–Crippen MR) is 68.6 cm³/mol. The van der Waals surface area contributed by atoms with Crippen LogP contribution < -0.4 is 0 Å². The van der Waals surface area contributed by atoms with Gasteiger partial charge in [-0.1, -0.05) is 6.07 Å². The maximum absolute atomic E-state index is 12.2. The minimum Gasteiger partial charge on any atom is -0.394 e. The molecule has 4 atom stereocenters. The summed E-state index contributed by atoms with van der Waals surface area (Å²) in [5.74, 6) is -0.286. The van der Waals surface area contributed by atoms with Crippen LogP contribution in [0.15, 0.2) is 17.5 Å². The summed E-state index contributed by atoms with van der Waals surface area (Å²) in [6, 6.07) is 2.77. The first-order valence-electron chi connectivity index (χ1n) is 6.01. The molecule has 0 unspecified atom stereocenters. The van der Waals surface area contributed by atoms with Gasteiger partial charge in [0.05, 0.1) is 19.1 Å². The first kappa shape index (κ1) is 14.4. The van der Waals surface area contributed by atoms with Crippen molar-refractivity contribution in [3.63, 3.8) is 0 Å². The first-order valence-corrected chi connectivity index (χ1v) is 6.89. The van der Waals surface area contributed by atoms with Gasteiger partial charge in [0.15, 0.2) is 0 Å². The standard InChI is InChI=1S/C12H17NO5S/c14-6-8-11(17)12(18)9(15)5-13(8)10(16)4-7-2-1-3-19-7/h1-3,8-9,11-12,14-15,17-18H,4-6H2/t8-,9+,11-,12-/m1/s1. The van der Waals surface area contributed by atoms with Gasteiger partial charge in [-0.3, -0.25) is 4.79 Å². The molecule has 19 heavy (non-hydrogen) atoms. The summed E-state index contributed by atoms with van der Waals surface area (Å²) >= 11 is 1.44. The van der Waals surface area contributed by atoms with Crippen LogP contribution in [0.1, 0.15) is 4.88 Å². The maximum atomic E-state index is 12.2. The lowest BCUT2D eigenvalue weighted by Gasteiger charge is -2.43. The molecule has 1 aliphatic heterocycles. The summed E-state index contributed by atoms with van der Waals surface area (Å²) in [5.41, 5.74) is 0. The maximum Gasteiger partial charge on any atom is 0.228 e. The zero-order valence-corrected chi connectivity index (χ0v) is 11.0. The Morgan fingerprint density at radius 1 is 1.37 bits per heavy atom. The number of carbonyl (C=O) groups excluding carboxylic acids is 1. The van der Waals surface area contributed by atoms with Crippen LogP contribution in [0.4, 0.5) is 0 Å². The van der Waals surface area contributed by atoms with Gasteiger partial charge in [0.25, 0.3) is 0 Å². The second kappa shape index (κ2) is 5.98. The number of likely N-dealkylation sites (tertiary alicyclic amines) is 1. The fraction of sp³-hybridized carbons (Fsp3) is 0.583. The van der Waals surface area contributed by atoms with Crippen molar-refractivity contribution in [2.45, 2.75) is 30.8 Å². The topological polar surface area (TPSA) is 101 Å². The number of carbonyl (C=O) groups is 1. The fourth-order valence-corrected chi connectivity index (χ4v) is 2.94. The smallest absolute Gasteiger partial charge is 0.228 e. The second-order valence-electron chi connectivity index (χ2n) is 4.60. The van der Waals surface area contributed by atoms with Gasteiger partial charge in [0.2, 0.25) is 5.91 Å². The lowest BCUT2D eigenvalue weighted by Crippen LogP contribution is -2.64. The van der Waals surface area contributed by atoms with E-state index in [9.17, 15) is 25.2 Å². The van der Waals surface area contributed by atoms with Gasteiger partial charge >= 0.3 is 0 Å². The number of aliphatic hydroxyl groups is 4. The van der Waals surface area contributed by atoms with Gasteiger partial charge in [0.1, 0.15) is 18.3 Å². The molecule has 0 bridgehead atoms. The first-order chi connectivity index (χ1) is 9.04. The SMILES string of the molecule is O=C(Cc1cccs1)N1C[C@H](O)[C@@H](O)[C@H](O)[C@H]1CO. The Morgan fingerprint density at radius 2 is 2.11 bits per heavy atom. The monoisotopic (exact) mass is 287 g/mol. The van der Waals surface area contributed by atoms with Gasteiger partial charge in [0, 0.05) is 11.4 Å². The molecule has 7 heteroatoms. The second-order valence-corrected chi connectivity index (χ2v) is 5.63. The van der Waals surface area contributed by atoms with Crippen LogP contribution in [-0.4, -0.2) is 68.7 Å². The van der Waals surface area contributed by atoms with Gasteiger partial charge in [-0.05, 0) is 11.4 Å². The van der Waals surface area contributed by atoms with E-state index in [1.54, 1.807) is 0 Å². The molecule has 2 rings (SSSR count). The predicted octanol–water partition coefficient (Wildman–Crippen LogP) is -1.42. The van der Waals surface area contributed by atoms with Crippen molar-refractivity contribution in [2.75, 3.05) is 13.2 Å². The Kier molecular flexibility index (Phi) is 4.54. The van der Waals surface area contributed by atoms with Gasteiger partial charge in [-0.25, -0.2) is 0 Å². The van der Waals surface area contributed by atoms with Crippen molar-refractivity contribution < 1.29 is 25.2 Å². The Morgan fingerprint density at radius 3 is 2.68 bits per heavy atom. The van der Waals surface area contributed by atoms with Crippen LogP contribution in [0.2, 0.25) is 0 Å².